The first-order chi connectivity index (χ1) is 14.3. The van der Waals surface area contributed by atoms with E-state index in [1.807, 2.05) is 19.9 Å². The number of rotatable bonds is 5. The number of aromatic nitrogens is 2. The molecule has 0 fully saturated rings. The van der Waals surface area contributed by atoms with Gasteiger partial charge in [-0.1, -0.05) is 11.6 Å². The lowest BCUT2D eigenvalue weighted by Crippen LogP contribution is -2.42. The fourth-order valence-electron chi connectivity index (χ4n) is 3.58. The molecule has 0 saturated heterocycles. The third-order valence-corrected chi connectivity index (χ3v) is 5.59. The van der Waals surface area contributed by atoms with Crippen LogP contribution in [0.5, 0.6) is 0 Å². The number of nitriles is 1. The minimum atomic E-state index is -0.480. The zero-order valence-corrected chi connectivity index (χ0v) is 17.9. The monoisotopic (exact) mass is 429 g/mol. The summed E-state index contributed by atoms with van der Waals surface area (Å²) in [4.78, 5) is 27.6. The lowest BCUT2D eigenvalue weighted by Gasteiger charge is -2.33. The van der Waals surface area contributed by atoms with Crippen LogP contribution in [0.15, 0.2) is 18.2 Å². The van der Waals surface area contributed by atoms with Crippen LogP contribution in [0.4, 0.5) is 0 Å². The normalized spacial score (nSPS) is 16.5. The maximum Gasteiger partial charge on any atom is 0.356 e. The molecule has 9 heteroatoms. The highest BCUT2D eigenvalue weighted by atomic mass is 35.5. The summed E-state index contributed by atoms with van der Waals surface area (Å²) in [6.45, 7) is 6.30. The molecule has 2 atom stereocenters. The minimum Gasteiger partial charge on any atom is -0.461 e. The van der Waals surface area contributed by atoms with E-state index in [1.54, 1.807) is 28.6 Å². The van der Waals surface area contributed by atoms with Crippen LogP contribution in [0.3, 0.4) is 0 Å². The molecule has 1 aromatic carbocycles. The van der Waals surface area contributed by atoms with Gasteiger partial charge in [0, 0.05) is 30.1 Å². The lowest BCUT2D eigenvalue weighted by molar-refractivity contribution is 0.0500. The first-order valence-electron chi connectivity index (χ1n) is 9.80. The molecule has 1 aliphatic rings. The Labute approximate surface area is 180 Å². The minimum absolute atomic E-state index is 0.141. The standard InChI is InChI=1S/C21H24ClN5O3/c1-4-30-21(29)19-16-11-26(12(2)7-18(16)25-27(19)13(3)9-23)20(28)14-5-6-17(22)15(8-14)10-24/h5-6,8,12-13H,4,7,9,11,23H2,1-3H3/t12-,13?/m1/s1. The number of benzene rings is 1. The fraction of sp³-hybridized carbons (Fsp3) is 0.429. The maximum absolute atomic E-state index is 13.2. The van der Waals surface area contributed by atoms with Crippen molar-refractivity contribution in [1.82, 2.24) is 14.7 Å². The van der Waals surface area contributed by atoms with Gasteiger partial charge in [0.2, 0.25) is 0 Å². The Morgan fingerprint density at radius 3 is 2.83 bits per heavy atom. The predicted molar refractivity (Wildman–Crippen MR) is 111 cm³/mol. The van der Waals surface area contributed by atoms with Crippen LogP contribution < -0.4 is 5.73 Å². The molecule has 3 rings (SSSR count). The topological polar surface area (TPSA) is 114 Å². The molecule has 0 bridgehead atoms. The molecule has 1 unspecified atom stereocenters. The number of hydrogen-bond donors (Lipinski definition) is 1. The molecule has 30 heavy (non-hydrogen) atoms. The summed E-state index contributed by atoms with van der Waals surface area (Å²) >= 11 is 5.99. The number of carbonyl (C=O) groups excluding carboxylic acids is 2. The number of carbonyl (C=O) groups is 2. The van der Waals surface area contributed by atoms with Gasteiger partial charge in [-0.15, -0.1) is 0 Å². The van der Waals surface area contributed by atoms with Crippen molar-refractivity contribution in [2.45, 2.75) is 45.8 Å². The quantitative estimate of drug-likeness (QED) is 0.731. The van der Waals surface area contributed by atoms with Gasteiger partial charge in [-0.25, -0.2) is 4.79 Å². The molecule has 1 aliphatic heterocycles. The molecule has 0 spiro atoms. The summed E-state index contributed by atoms with van der Waals surface area (Å²) in [6, 6.07) is 6.28. The van der Waals surface area contributed by atoms with Gasteiger partial charge in [0.05, 0.1) is 35.5 Å². The average molecular weight is 430 g/mol. The Morgan fingerprint density at radius 1 is 1.47 bits per heavy atom. The van der Waals surface area contributed by atoms with E-state index in [-0.39, 0.29) is 36.7 Å². The summed E-state index contributed by atoms with van der Waals surface area (Å²) < 4.78 is 6.85. The van der Waals surface area contributed by atoms with Crippen LogP contribution in [0.1, 0.15) is 64.5 Å². The summed E-state index contributed by atoms with van der Waals surface area (Å²) in [5, 5.41) is 14.1. The Kier molecular flexibility index (Phi) is 6.44. The van der Waals surface area contributed by atoms with E-state index in [2.05, 4.69) is 5.10 Å². The van der Waals surface area contributed by atoms with E-state index in [9.17, 15) is 14.9 Å². The van der Waals surface area contributed by atoms with E-state index < -0.39 is 5.97 Å². The Bertz CT molecular complexity index is 1030. The van der Waals surface area contributed by atoms with Crippen molar-refractivity contribution in [2.24, 2.45) is 5.73 Å². The summed E-state index contributed by atoms with van der Waals surface area (Å²) in [5.41, 5.74) is 8.20. The molecule has 2 heterocycles. The second-order valence-electron chi connectivity index (χ2n) is 7.32. The third-order valence-electron chi connectivity index (χ3n) is 5.26. The molecule has 8 nitrogen and oxygen atoms in total. The zero-order chi connectivity index (χ0) is 22.0. The maximum atomic E-state index is 13.2. The van der Waals surface area contributed by atoms with Crippen molar-refractivity contribution in [3.8, 4) is 6.07 Å². The third kappa shape index (κ3) is 3.91. The molecule has 1 amide bonds. The number of esters is 1. The average Bonchev–Trinajstić information content (AvgIpc) is 3.10. The van der Waals surface area contributed by atoms with Gasteiger partial charge in [0.25, 0.3) is 5.91 Å². The van der Waals surface area contributed by atoms with E-state index >= 15 is 0 Å². The van der Waals surface area contributed by atoms with Crippen LogP contribution in [-0.4, -0.2) is 45.8 Å². The number of hydrogen-bond acceptors (Lipinski definition) is 6. The highest BCUT2D eigenvalue weighted by molar-refractivity contribution is 6.31. The van der Waals surface area contributed by atoms with Gasteiger partial charge >= 0.3 is 5.97 Å². The molecular formula is C21H24ClN5O3. The van der Waals surface area contributed by atoms with Crippen LogP contribution >= 0.6 is 11.6 Å². The molecule has 2 aromatic rings. The van der Waals surface area contributed by atoms with Gasteiger partial charge in [-0.3, -0.25) is 9.48 Å². The van der Waals surface area contributed by atoms with Crippen LogP contribution in [0.2, 0.25) is 5.02 Å². The Balaban J connectivity index is 2.01. The largest absolute Gasteiger partial charge is 0.461 e. The van der Waals surface area contributed by atoms with Crippen molar-refractivity contribution in [3.05, 3.63) is 51.3 Å². The number of nitrogens with zero attached hydrogens (tertiary/aromatic N) is 4. The summed E-state index contributed by atoms with van der Waals surface area (Å²) in [6.07, 6.45) is 0.496. The number of fused-ring (bicyclic) bond motifs is 1. The number of halogens is 1. The van der Waals surface area contributed by atoms with Gasteiger partial charge in [0.15, 0.2) is 5.69 Å². The molecule has 2 N–H and O–H groups in total. The number of nitrogens with two attached hydrogens (primary N) is 1. The van der Waals surface area contributed by atoms with Crippen LogP contribution in [0, 0.1) is 11.3 Å². The molecular weight excluding hydrogens is 406 g/mol. The molecule has 0 saturated carbocycles. The van der Waals surface area contributed by atoms with E-state index in [0.717, 1.165) is 5.69 Å². The first-order valence-corrected chi connectivity index (χ1v) is 10.2. The van der Waals surface area contributed by atoms with E-state index in [0.29, 0.717) is 34.8 Å². The van der Waals surface area contributed by atoms with Crippen molar-refractivity contribution in [2.75, 3.05) is 13.2 Å². The van der Waals surface area contributed by atoms with Crippen molar-refractivity contribution in [1.29, 1.82) is 5.26 Å². The van der Waals surface area contributed by atoms with Gasteiger partial charge in [-0.05, 0) is 39.0 Å². The molecule has 1 aromatic heterocycles. The second-order valence-corrected chi connectivity index (χ2v) is 7.72. The highest BCUT2D eigenvalue weighted by Gasteiger charge is 2.35. The first kappa shape index (κ1) is 21.8. The number of ether oxygens (including phenoxy) is 1. The van der Waals surface area contributed by atoms with E-state index in [4.69, 9.17) is 22.1 Å². The van der Waals surface area contributed by atoms with Crippen molar-refractivity contribution < 1.29 is 14.3 Å². The van der Waals surface area contributed by atoms with Gasteiger partial charge < -0.3 is 15.4 Å². The van der Waals surface area contributed by atoms with Crippen molar-refractivity contribution in [3.63, 3.8) is 0 Å². The fourth-order valence-corrected chi connectivity index (χ4v) is 3.74. The van der Waals surface area contributed by atoms with Crippen LogP contribution in [-0.2, 0) is 17.7 Å². The Hall–Kier alpha value is -2.89. The Morgan fingerprint density at radius 2 is 2.20 bits per heavy atom. The molecule has 0 radical (unpaired) electrons. The summed E-state index contributed by atoms with van der Waals surface area (Å²) in [7, 11) is 0. The molecule has 0 aliphatic carbocycles. The summed E-state index contributed by atoms with van der Waals surface area (Å²) in [5.74, 6) is -0.720. The van der Waals surface area contributed by atoms with Gasteiger partial charge in [0.1, 0.15) is 6.07 Å². The highest BCUT2D eigenvalue weighted by Crippen LogP contribution is 2.30. The van der Waals surface area contributed by atoms with Crippen molar-refractivity contribution >= 4 is 23.5 Å². The predicted octanol–water partition coefficient (Wildman–Crippen LogP) is 2.69. The number of amides is 1. The SMILES string of the molecule is CCOC(=O)c1c2c(nn1C(C)CN)C[C@@H](C)N(C(=O)c1ccc(Cl)c(C#N)c1)C2. The smallest absolute Gasteiger partial charge is 0.356 e. The molecule has 158 valence electrons. The van der Waals surface area contributed by atoms with E-state index in [1.165, 1.54) is 6.07 Å². The second kappa shape index (κ2) is 8.86. The van der Waals surface area contributed by atoms with Crippen LogP contribution in [0.25, 0.3) is 0 Å². The zero-order valence-electron chi connectivity index (χ0n) is 17.2. The lowest BCUT2D eigenvalue weighted by atomic mass is 9.98. The van der Waals surface area contributed by atoms with Gasteiger partial charge in [-0.2, -0.15) is 10.4 Å².